The maximum Gasteiger partial charge on any atom is 0.267 e. The van der Waals surface area contributed by atoms with Crippen LogP contribution in [0.15, 0.2) is 16.7 Å². The number of aromatic nitrogens is 1. The van der Waals surface area contributed by atoms with Crippen molar-refractivity contribution in [2.75, 3.05) is 6.54 Å². The Hall–Kier alpha value is -0.810. The minimum absolute atomic E-state index is 0.00502. The summed E-state index contributed by atoms with van der Waals surface area (Å²) in [5.41, 5.74) is 5.90. The number of nitrogens with one attached hydrogen (secondary N) is 2. The molecule has 4 N–H and O–H groups in total. The topological polar surface area (TPSA) is 70.9 Å². The molecule has 1 amide bonds. The SMILES string of the molecule is C[C@@H](CN)NC(=O)c1cc(Br)c[nH]1. The molecule has 1 aromatic rings. The number of amides is 1. The number of halogens is 1. The van der Waals surface area contributed by atoms with Gasteiger partial charge < -0.3 is 16.0 Å². The molecule has 1 rings (SSSR count). The van der Waals surface area contributed by atoms with Crippen LogP contribution in [-0.4, -0.2) is 23.5 Å². The number of aromatic amines is 1. The summed E-state index contributed by atoms with van der Waals surface area (Å²) in [6, 6.07) is 1.72. The van der Waals surface area contributed by atoms with Gasteiger partial charge in [0.25, 0.3) is 5.91 Å². The molecule has 0 aliphatic heterocycles. The molecule has 0 unspecified atom stereocenters. The lowest BCUT2D eigenvalue weighted by Gasteiger charge is -2.09. The second kappa shape index (κ2) is 4.43. The lowest BCUT2D eigenvalue weighted by Crippen LogP contribution is -2.37. The van der Waals surface area contributed by atoms with Crippen molar-refractivity contribution in [2.24, 2.45) is 5.73 Å². The van der Waals surface area contributed by atoms with Crippen LogP contribution in [0, 0.1) is 0 Å². The highest BCUT2D eigenvalue weighted by atomic mass is 79.9. The first-order valence-electron chi connectivity index (χ1n) is 3.98. The summed E-state index contributed by atoms with van der Waals surface area (Å²) in [6.07, 6.45) is 1.71. The number of hydrogen-bond acceptors (Lipinski definition) is 2. The van der Waals surface area contributed by atoms with Crippen LogP contribution in [0.2, 0.25) is 0 Å². The van der Waals surface area contributed by atoms with Crippen LogP contribution in [0.5, 0.6) is 0 Å². The first-order valence-corrected chi connectivity index (χ1v) is 4.77. The van der Waals surface area contributed by atoms with Crippen molar-refractivity contribution in [2.45, 2.75) is 13.0 Å². The van der Waals surface area contributed by atoms with E-state index in [9.17, 15) is 4.79 Å². The summed E-state index contributed by atoms with van der Waals surface area (Å²) in [5.74, 6) is -0.136. The zero-order valence-electron chi connectivity index (χ0n) is 7.30. The molecule has 0 saturated carbocycles. The van der Waals surface area contributed by atoms with Gasteiger partial charge in [-0.25, -0.2) is 0 Å². The fourth-order valence-corrected chi connectivity index (χ4v) is 1.20. The number of hydrogen-bond donors (Lipinski definition) is 3. The predicted molar refractivity (Wildman–Crippen MR) is 54.5 cm³/mol. The van der Waals surface area contributed by atoms with Crippen molar-refractivity contribution in [3.05, 3.63) is 22.4 Å². The molecule has 1 atom stereocenters. The van der Waals surface area contributed by atoms with Gasteiger partial charge >= 0.3 is 0 Å². The van der Waals surface area contributed by atoms with Gasteiger partial charge in [0.2, 0.25) is 0 Å². The fourth-order valence-electron chi connectivity index (χ4n) is 0.859. The molecule has 1 aromatic heterocycles. The smallest absolute Gasteiger partial charge is 0.267 e. The lowest BCUT2D eigenvalue weighted by molar-refractivity contribution is 0.0937. The van der Waals surface area contributed by atoms with Crippen molar-refractivity contribution < 1.29 is 4.79 Å². The molecule has 72 valence electrons. The second-order valence-corrected chi connectivity index (χ2v) is 3.76. The van der Waals surface area contributed by atoms with Crippen molar-refractivity contribution in [3.63, 3.8) is 0 Å². The summed E-state index contributed by atoms with van der Waals surface area (Å²) >= 11 is 3.25. The van der Waals surface area contributed by atoms with Crippen LogP contribution in [0.25, 0.3) is 0 Å². The summed E-state index contributed by atoms with van der Waals surface area (Å²) in [7, 11) is 0. The number of carbonyl (C=O) groups is 1. The molecule has 4 nitrogen and oxygen atoms in total. The van der Waals surface area contributed by atoms with Crippen LogP contribution in [0.3, 0.4) is 0 Å². The molecule has 0 aliphatic carbocycles. The third-order valence-electron chi connectivity index (χ3n) is 1.62. The fraction of sp³-hybridized carbons (Fsp3) is 0.375. The van der Waals surface area contributed by atoms with Crippen LogP contribution in [-0.2, 0) is 0 Å². The first kappa shape index (κ1) is 10.3. The van der Waals surface area contributed by atoms with E-state index in [-0.39, 0.29) is 11.9 Å². The van der Waals surface area contributed by atoms with Crippen LogP contribution in [0.1, 0.15) is 17.4 Å². The van der Waals surface area contributed by atoms with Gasteiger partial charge in [0.15, 0.2) is 0 Å². The van der Waals surface area contributed by atoms with Crippen molar-refractivity contribution >= 4 is 21.8 Å². The number of H-pyrrole nitrogens is 1. The van der Waals surface area contributed by atoms with Crippen molar-refractivity contribution in [3.8, 4) is 0 Å². The van der Waals surface area contributed by atoms with Gasteiger partial charge in [-0.05, 0) is 28.9 Å². The molecule has 0 fully saturated rings. The Labute approximate surface area is 85.0 Å². The average Bonchev–Trinajstić information content (AvgIpc) is 2.51. The van der Waals surface area contributed by atoms with E-state index < -0.39 is 0 Å². The van der Waals surface area contributed by atoms with Crippen LogP contribution >= 0.6 is 15.9 Å². The highest BCUT2D eigenvalue weighted by molar-refractivity contribution is 9.10. The lowest BCUT2D eigenvalue weighted by atomic mass is 10.3. The van der Waals surface area contributed by atoms with Gasteiger partial charge in [0.05, 0.1) is 0 Å². The second-order valence-electron chi connectivity index (χ2n) is 2.84. The van der Waals surface area contributed by atoms with Gasteiger partial charge in [0, 0.05) is 23.3 Å². The number of rotatable bonds is 3. The number of carbonyl (C=O) groups excluding carboxylic acids is 1. The number of nitrogens with two attached hydrogens (primary N) is 1. The Morgan fingerprint density at radius 1 is 1.85 bits per heavy atom. The molecule has 5 heteroatoms. The minimum atomic E-state index is -0.136. The van der Waals surface area contributed by atoms with Crippen molar-refractivity contribution in [1.29, 1.82) is 0 Å². The molecule has 0 saturated heterocycles. The molecular formula is C8H12BrN3O. The summed E-state index contributed by atoms with van der Waals surface area (Å²) < 4.78 is 0.859. The zero-order chi connectivity index (χ0) is 9.84. The van der Waals surface area contributed by atoms with Gasteiger partial charge in [-0.1, -0.05) is 0 Å². The van der Waals surface area contributed by atoms with Gasteiger partial charge in [-0.15, -0.1) is 0 Å². The third kappa shape index (κ3) is 2.86. The van der Waals surface area contributed by atoms with E-state index in [1.807, 2.05) is 6.92 Å². The zero-order valence-corrected chi connectivity index (χ0v) is 8.89. The molecule has 0 spiro atoms. The first-order chi connectivity index (χ1) is 6.13. The third-order valence-corrected chi connectivity index (χ3v) is 2.08. The summed E-state index contributed by atoms with van der Waals surface area (Å²) in [5, 5.41) is 2.74. The molecule has 0 aliphatic rings. The molecule has 13 heavy (non-hydrogen) atoms. The average molecular weight is 246 g/mol. The maximum absolute atomic E-state index is 11.4. The minimum Gasteiger partial charge on any atom is -0.356 e. The van der Waals surface area contributed by atoms with E-state index in [1.54, 1.807) is 12.3 Å². The standard InChI is InChI=1S/C8H12BrN3O/c1-5(3-10)12-8(13)7-2-6(9)4-11-7/h2,4-5,11H,3,10H2,1H3,(H,12,13)/t5-/m0/s1. The molecule has 0 aromatic carbocycles. The highest BCUT2D eigenvalue weighted by Crippen LogP contribution is 2.10. The molecule has 1 heterocycles. The van der Waals surface area contributed by atoms with Gasteiger partial charge in [-0.3, -0.25) is 4.79 Å². The van der Waals surface area contributed by atoms with E-state index >= 15 is 0 Å². The summed E-state index contributed by atoms with van der Waals surface area (Å²) in [6.45, 7) is 2.30. The van der Waals surface area contributed by atoms with Crippen LogP contribution < -0.4 is 11.1 Å². The molecule has 0 radical (unpaired) electrons. The van der Waals surface area contributed by atoms with Crippen molar-refractivity contribution in [1.82, 2.24) is 10.3 Å². The normalized spacial score (nSPS) is 12.5. The van der Waals surface area contributed by atoms with Gasteiger partial charge in [0.1, 0.15) is 5.69 Å². The predicted octanol–water partition coefficient (Wildman–Crippen LogP) is 0.854. The monoisotopic (exact) mass is 245 g/mol. The van der Waals surface area contributed by atoms with E-state index in [0.717, 1.165) is 4.47 Å². The maximum atomic E-state index is 11.4. The molecular weight excluding hydrogens is 234 g/mol. The Kier molecular flexibility index (Phi) is 3.50. The van der Waals surface area contributed by atoms with E-state index in [4.69, 9.17) is 5.73 Å². The highest BCUT2D eigenvalue weighted by Gasteiger charge is 2.09. The largest absolute Gasteiger partial charge is 0.356 e. The van der Waals surface area contributed by atoms with E-state index in [1.165, 1.54) is 0 Å². The Morgan fingerprint density at radius 2 is 2.54 bits per heavy atom. The van der Waals surface area contributed by atoms with Gasteiger partial charge in [-0.2, -0.15) is 0 Å². The van der Waals surface area contributed by atoms with Crippen LogP contribution in [0.4, 0.5) is 0 Å². The quantitative estimate of drug-likeness (QED) is 0.740. The Balaban J connectivity index is 2.58. The Bertz CT molecular complexity index is 297. The summed E-state index contributed by atoms with van der Waals surface area (Å²) in [4.78, 5) is 14.2. The molecule has 0 bridgehead atoms. The Morgan fingerprint density at radius 3 is 3.00 bits per heavy atom. The van der Waals surface area contributed by atoms with E-state index in [0.29, 0.717) is 12.2 Å². The van der Waals surface area contributed by atoms with E-state index in [2.05, 4.69) is 26.2 Å².